The smallest absolute Gasteiger partial charge is 0.245 e. The maximum absolute atomic E-state index is 12.5. The molecule has 0 aliphatic carbocycles. The third kappa shape index (κ3) is 6.01. The molecule has 122 valence electrons. The average molecular weight is 299 g/mol. The van der Waals surface area contributed by atoms with E-state index in [0.29, 0.717) is 19.6 Å². The normalized spacial score (nSPS) is 18.7. The van der Waals surface area contributed by atoms with Crippen LogP contribution >= 0.6 is 0 Å². The first kappa shape index (κ1) is 17.9. The van der Waals surface area contributed by atoms with E-state index < -0.39 is 11.6 Å². The zero-order chi connectivity index (χ0) is 16.2. The first-order chi connectivity index (χ1) is 9.60. The van der Waals surface area contributed by atoms with Gasteiger partial charge in [-0.05, 0) is 19.8 Å². The molecule has 21 heavy (non-hydrogen) atoms. The van der Waals surface area contributed by atoms with Gasteiger partial charge in [-0.2, -0.15) is 0 Å². The molecular formula is C15H29N3O3. The number of amides is 2. The van der Waals surface area contributed by atoms with Gasteiger partial charge < -0.3 is 15.3 Å². The number of aliphatic hydroxyl groups is 1. The van der Waals surface area contributed by atoms with Crippen LogP contribution in [0.5, 0.6) is 0 Å². The van der Waals surface area contributed by atoms with Crippen LogP contribution in [0.25, 0.3) is 0 Å². The van der Waals surface area contributed by atoms with E-state index in [1.165, 1.54) is 6.92 Å². The molecule has 1 aliphatic rings. The van der Waals surface area contributed by atoms with Crippen molar-refractivity contribution in [3.63, 3.8) is 0 Å². The third-order valence-corrected chi connectivity index (χ3v) is 3.59. The second-order valence-electron chi connectivity index (χ2n) is 6.84. The lowest BCUT2D eigenvalue weighted by Crippen LogP contribution is -2.57. The standard InChI is InChI=1S/C15H29N3O3/c1-11(2)13(16-12(3)19)14(20)18-8-6-17(7-9-18)10-15(4,5)21/h11,13,21H,6-10H2,1-5H3,(H,16,19). The van der Waals surface area contributed by atoms with Crippen LogP contribution in [0.3, 0.4) is 0 Å². The Labute approximate surface area is 127 Å². The minimum absolute atomic E-state index is 0.0110. The number of hydrogen-bond acceptors (Lipinski definition) is 4. The molecule has 0 bridgehead atoms. The largest absolute Gasteiger partial charge is 0.389 e. The van der Waals surface area contributed by atoms with Crippen molar-refractivity contribution in [3.05, 3.63) is 0 Å². The van der Waals surface area contributed by atoms with E-state index in [2.05, 4.69) is 10.2 Å². The Bertz CT molecular complexity index is 369. The van der Waals surface area contributed by atoms with Crippen LogP contribution in [0.15, 0.2) is 0 Å². The summed E-state index contributed by atoms with van der Waals surface area (Å²) in [5.41, 5.74) is -0.719. The maximum atomic E-state index is 12.5. The summed E-state index contributed by atoms with van der Waals surface area (Å²) >= 11 is 0. The highest BCUT2D eigenvalue weighted by atomic mass is 16.3. The van der Waals surface area contributed by atoms with Crippen molar-refractivity contribution in [3.8, 4) is 0 Å². The maximum Gasteiger partial charge on any atom is 0.245 e. The highest BCUT2D eigenvalue weighted by Crippen LogP contribution is 2.12. The van der Waals surface area contributed by atoms with Crippen molar-refractivity contribution in [2.75, 3.05) is 32.7 Å². The summed E-state index contributed by atoms with van der Waals surface area (Å²) in [7, 11) is 0. The minimum Gasteiger partial charge on any atom is -0.389 e. The monoisotopic (exact) mass is 299 g/mol. The van der Waals surface area contributed by atoms with Crippen LogP contribution in [0.1, 0.15) is 34.6 Å². The molecule has 6 heteroatoms. The van der Waals surface area contributed by atoms with Gasteiger partial charge in [0.15, 0.2) is 0 Å². The molecule has 0 spiro atoms. The molecule has 1 saturated heterocycles. The first-order valence-corrected chi connectivity index (χ1v) is 7.61. The number of rotatable bonds is 5. The molecule has 2 amide bonds. The van der Waals surface area contributed by atoms with Gasteiger partial charge in [-0.3, -0.25) is 14.5 Å². The Hall–Kier alpha value is -1.14. The number of hydrogen-bond donors (Lipinski definition) is 2. The summed E-state index contributed by atoms with van der Waals surface area (Å²) in [5.74, 6) is -0.123. The molecule has 1 unspecified atom stereocenters. The van der Waals surface area contributed by atoms with E-state index >= 15 is 0 Å². The first-order valence-electron chi connectivity index (χ1n) is 7.61. The molecule has 1 fully saturated rings. The number of piperazine rings is 1. The summed E-state index contributed by atoms with van der Waals surface area (Å²) in [6.07, 6.45) is 0. The van der Waals surface area contributed by atoms with Gasteiger partial charge >= 0.3 is 0 Å². The van der Waals surface area contributed by atoms with Gasteiger partial charge in [0.1, 0.15) is 6.04 Å². The van der Waals surface area contributed by atoms with Gasteiger partial charge in [-0.15, -0.1) is 0 Å². The zero-order valence-corrected chi connectivity index (χ0v) is 13.8. The number of carbonyl (C=O) groups is 2. The van der Waals surface area contributed by atoms with Gasteiger partial charge in [-0.1, -0.05) is 13.8 Å². The summed E-state index contributed by atoms with van der Waals surface area (Å²) in [4.78, 5) is 27.7. The average Bonchev–Trinajstić information content (AvgIpc) is 2.33. The minimum atomic E-state index is -0.719. The molecule has 1 atom stereocenters. The quantitative estimate of drug-likeness (QED) is 0.753. The van der Waals surface area contributed by atoms with E-state index in [9.17, 15) is 14.7 Å². The molecule has 1 heterocycles. The highest BCUT2D eigenvalue weighted by molar-refractivity contribution is 5.87. The van der Waals surface area contributed by atoms with Gasteiger partial charge in [0.25, 0.3) is 0 Å². The van der Waals surface area contributed by atoms with Crippen LogP contribution in [-0.2, 0) is 9.59 Å². The van der Waals surface area contributed by atoms with E-state index in [-0.39, 0.29) is 17.7 Å². The molecule has 6 nitrogen and oxygen atoms in total. The molecule has 2 N–H and O–H groups in total. The van der Waals surface area contributed by atoms with Crippen molar-refractivity contribution in [1.29, 1.82) is 0 Å². The second kappa shape index (κ2) is 7.22. The summed E-state index contributed by atoms with van der Waals surface area (Å²) in [6.45, 7) is 12.3. The fourth-order valence-corrected chi connectivity index (χ4v) is 2.60. The SMILES string of the molecule is CC(=O)NC(C(=O)N1CCN(CC(C)(C)O)CC1)C(C)C. The van der Waals surface area contributed by atoms with Gasteiger partial charge in [0.2, 0.25) is 11.8 Å². The van der Waals surface area contributed by atoms with E-state index in [1.807, 2.05) is 18.7 Å². The number of carbonyl (C=O) groups excluding carboxylic acids is 2. The highest BCUT2D eigenvalue weighted by Gasteiger charge is 2.31. The Morgan fingerprint density at radius 1 is 1.19 bits per heavy atom. The fourth-order valence-electron chi connectivity index (χ4n) is 2.60. The van der Waals surface area contributed by atoms with Crippen molar-refractivity contribution in [2.45, 2.75) is 46.3 Å². The molecule has 0 radical (unpaired) electrons. The van der Waals surface area contributed by atoms with Crippen molar-refractivity contribution in [1.82, 2.24) is 15.1 Å². The lowest BCUT2D eigenvalue weighted by atomic mass is 10.0. The fraction of sp³-hybridized carbons (Fsp3) is 0.867. The molecule has 1 aliphatic heterocycles. The summed E-state index contributed by atoms with van der Waals surface area (Å²) < 4.78 is 0. The van der Waals surface area contributed by atoms with Gasteiger partial charge in [0, 0.05) is 39.6 Å². The number of β-amino-alcohol motifs (C(OH)–C–C–N with tert-alkyl or cyclic N) is 1. The predicted molar refractivity (Wildman–Crippen MR) is 81.8 cm³/mol. The van der Waals surface area contributed by atoms with Crippen LogP contribution in [0, 0.1) is 5.92 Å². The summed E-state index contributed by atoms with van der Waals surface area (Å²) in [6, 6.07) is -0.455. The lowest BCUT2D eigenvalue weighted by molar-refractivity contribution is -0.139. The van der Waals surface area contributed by atoms with Crippen molar-refractivity contribution >= 4 is 11.8 Å². The molecule has 0 aromatic carbocycles. The van der Waals surface area contributed by atoms with E-state index in [1.54, 1.807) is 13.8 Å². The van der Waals surface area contributed by atoms with E-state index in [0.717, 1.165) is 13.1 Å². The summed E-state index contributed by atoms with van der Waals surface area (Å²) in [5, 5.41) is 12.6. The van der Waals surface area contributed by atoms with Gasteiger partial charge in [-0.25, -0.2) is 0 Å². The van der Waals surface area contributed by atoms with Crippen molar-refractivity contribution in [2.24, 2.45) is 5.92 Å². The topological polar surface area (TPSA) is 72.9 Å². The third-order valence-electron chi connectivity index (χ3n) is 3.59. The predicted octanol–water partition coefficient (Wildman–Crippen LogP) is 0.0622. The Kier molecular flexibility index (Phi) is 6.16. The van der Waals surface area contributed by atoms with Crippen LogP contribution < -0.4 is 5.32 Å². The Morgan fingerprint density at radius 2 is 1.71 bits per heavy atom. The molecule has 1 rings (SSSR count). The molecule has 0 saturated carbocycles. The molecule has 0 aromatic rings. The number of nitrogens with one attached hydrogen (secondary N) is 1. The Balaban J connectivity index is 2.55. The van der Waals surface area contributed by atoms with Crippen molar-refractivity contribution < 1.29 is 14.7 Å². The van der Waals surface area contributed by atoms with E-state index in [4.69, 9.17) is 0 Å². The zero-order valence-electron chi connectivity index (χ0n) is 13.8. The molecule has 0 aromatic heterocycles. The van der Waals surface area contributed by atoms with Crippen LogP contribution in [0.2, 0.25) is 0 Å². The van der Waals surface area contributed by atoms with Crippen LogP contribution in [0.4, 0.5) is 0 Å². The Morgan fingerprint density at radius 3 is 2.10 bits per heavy atom. The number of nitrogens with zero attached hydrogens (tertiary/aromatic N) is 2. The molecular weight excluding hydrogens is 270 g/mol. The van der Waals surface area contributed by atoms with Gasteiger partial charge in [0.05, 0.1) is 5.60 Å². The van der Waals surface area contributed by atoms with Crippen LogP contribution in [-0.4, -0.2) is 71.1 Å². The second-order valence-corrected chi connectivity index (χ2v) is 6.84. The lowest BCUT2D eigenvalue weighted by Gasteiger charge is -2.39.